The third kappa shape index (κ3) is 9.00. The summed E-state index contributed by atoms with van der Waals surface area (Å²) >= 11 is 7.56. The number of amides is 1. The minimum absolute atomic E-state index is 0.0250. The van der Waals surface area contributed by atoms with Crippen molar-refractivity contribution in [3.8, 4) is 16.3 Å². The van der Waals surface area contributed by atoms with Crippen molar-refractivity contribution in [1.29, 1.82) is 0 Å². The minimum atomic E-state index is -0.447. The average molecular weight is 627 g/mol. The van der Waals surface area contributed by atoms with E-state index < -0.39 is 5.60 Å². The van der Waals surface area contributed by atoms with Crippen LogP contribution in [0.4, 0.5) is 5.13 Å². The molecule has 1 amide bonds. The fourth-order valence-corrected chi connectivity index (χ4v) is 6.22. The van der Waals surface area contributed by atoms with Gasteiger partial charge in [0.05, 0.1) is 5.92 Å². The lowest BCUT2D eigenvalue weighted by Crippen LogP contribution is -2.40. The van der Waals surface area contributed by atoms with Gasteiger partial charge in [0.1, 0.15) is 23.0 Å². The average Bonchev–Trinajstić information content (AvgIpc) is 3.44. The van der Waals surface area contributed by atoms with Crippen LogP contribution in [-0.4, -0.2) is 65.4 Å². The number of carbonyl (C=O) groups excluding carboxylic acids is 2. The van der Waals surface area contributed by atoms with Gasteiger partial charge in [-0.2, -0.15) is 0 Å². The van der Waals surface area contributed by atoms with E-state index in [0.717, 1.165) is 72.8 Å². The van der Waals surface area contributed by atoms with Crippen molar-refractivity contribution < 1.29 is 19.1 Å². The van der Waals surface area contributed by atoms with Gasteiger partial charge < -0.3 is 9.47 Å². The zero-order chi connectivity index (χ0) is 31.1. The van der Waals surface area contributed by atoms with Gasteiger partial charge in [-0.05, 0) is 108 Å². The number of unbranched alkanes of at least 4 members (excludes halogenated alkanes) is 1. The molecule has 4 rings (SSSR count). The third-order valence-corrected chi connectivity index (χ3v) is 8.62. The predicted molar refractivity (Wildman–Crippen MR) is 173 cm³/mol. The second kappa shape index (κ2) is 14.6. The first-order valence-electron chi connectivity index (χ1n) is 15.1. The lowest BCUT2D eigenvalue weighted by atomic mass is 9.96. The molecule has 0 aliphatic carbocycles. The van der Waals surface area contributed by atoms with Crippen LogP contribution in [-0.2, 0) is 9.53 Å². The lowest BCUT2D eigenvalue weighted by molar-refractivity contribution is -0.161. The molecule has 232 valence electrons. The number of nitrogens with zero attached hydrogens (tertiary/aromatic N) is 4. The number of halogens is 1. The number of aromatic nitrogens is 2. The summed E-state index contributed by atoms with van der Waals surface area (Å²) in [7, 11) is 0. The summed E-state index contributed by atoms with van der Waals surface area (Å²) in [6.45, 7) is 15.5. The van der Waals surface area contributed by atoms with Gasteiger partial charge in [0.15, 0.2) is 0 Å². The molecule has 8 nitrogen and oxygen atoms in total. The number of carbonyl (C=O) groups is 2. The first kappa shape index (κ1) is 32.9. The Hall–Kier alpha value is -3.01. The molecule has 1 aliphatic heterocycles. The molecule has 43 heavy (non-hydrogen) atoms. The molecule has 10 heteroatoms. The molecule has 0 unspecified atom stereocenters. The van der Waals surface area contributed by atoms with Crippen molar-refractivity contribution >= 4 is 39.9 Å². The molecule has 0 spiro atoms. The number of anilines is 1. The number of aryl methyl sites for hydroxylation is 2. The SMILES string of the molecule is CCCCN(C(=O)c1cccc(Cl)c1)c1nnc(-c2cc(C)c(OCCN3CCC(C(=O)OC(C)(C)C)CC3)c(C)c2)s1. The molecule has 0 N–H and O–H groups in total. The summed E-state index contributed by atoms with van der Waals surface area (Å²) in [5.74, 6) is 0.628. The van der Waals surface area contributed by atoms with E-state index in [1.807, 2.05) is 34.6 Å². The van der Waals surface area contributed by atoms with Crippen molar-refractivity contribution in [3.05, 3.63) is 58.1 Å². The number of likely N-dealkylation sites (tertiary alicyclic amines) is 1. The van der Waals surface area contributed by atoms with E-state index in [1.165, 1.54) is 11.3 Å². The highest BCUT2D eigenvalue weighted by atomic mass is 35.5. The highest BCUT2D eigenvalue weighted by molar-refractivity contribution is 7.18. The quantitative estimate of drug-likeness (QED) is 0.206. The van der Waals surface area contributed by atoms with Gasteiger partial charge in [-0.1, -0.05) is 42.3 Å². The molecule has 0 saturated carbocycles. The van der Waals surface area contributed by atoms with Gasteiger partial charge in [-0.3, -0.25) is 19.4 Å². The third-order valence-electron chi connectivity index (χ3n) is 7.39. The Labute approximate surface area is 264 Å². The van der Waals surface area contributed by atoms with Gasteiger partial charge in [-0.25, -0.2) is 0 Å². The smallest absolute Gasteiger partial charge is 0.309 e. The maximum Gasteiger partial charge on any atom is 0.309 e. The van der Waals surface area contributed by atoms with Crippen molar-refractivity contribution in [2.24, 2.45) is 5.92 Å². The molecule has 0 atom stereocenters. The van der Waals surface area contributed by atoms with Crippen LogP contribution < -0.4 is 9.64 Å². The molecule has 2 heterocycles. The second-order valence-corrected chi connectivity index (χ2v) is 13.5. The Bertz CT molecular complexity index is 1390. The normalized spacial score (nSPS) is 14.5. The van der Waals surface area contributed by atoms with Crippen molar-refractivity contribution in [2.75, 3.05) is 37.7 Å². The van der Waals surface area contributed by atoms with E-state index in [1.54, 1.807) is 29.2 Å². The van der Waals surface area contributed by atoms with E-state index in [4.69, 9.17) is 21.1 Å². The summed E-state index contributed by atoms with van der Waals surface area (Å²) < 4.78 is 11.8. The van der Waals surface area contributed by atoms with Gasteiger partial charge in [-0.15, -0.1) is 10.2 Å². The van der Waals surface area contributed by atoms with E-state index in [0.29, 0.717) is 28.9 Å². The molecule has 1 aromatic heterocycles. The molecule has 1 aliphatic rings. The standard InChI is InChI=1S/C33H43ClN4O4S/c1-7-8-14-38(30(39)25-10-9-11-27(34)21-25)32-36-35-29(43-32)26-19-22(2)28(23(3)20-26)41-18-17-37-15-12-24(13-16-37)31(40)42-33(4,5)6/h9-11,19-21,24H,7-8,12-18H2,1-6H3. The fourth-order valence-electron chi connectivity index (χ4n) is 5.17. The Morgan fingerprint density at radius 2 is 1.79 bits per heavy atom. The molecule has 1 saturated heterocycles. The largest absolute Gasteiger partial charge is 0.492 e. The van der Waals surface area contributed by atoms with E-state index in [2.05, 4.69) is 34.2 Å². The number of ether oxygens (including phenoxy) is 2. The topological polar surface area (TPSA) is 84.9 Å². The molecule has 3 aromatic rings. The number of piperidine rings is 1. The van der Waals surface area contributed by atoms with Crippen LogP contribution in [0.2, 0.25) is 5.02 Å². The van der Waals surface area contributed by atoms with Crippen LogP contribution in [0.3, 0.4) is 0 Å². The molecule has 0 bridgehead atoms. The van der Waals surface area contributed by atoms with Crippen molar-refractivity contribution in [2.45, 2.75) is 72.8 Å². The maximum absolute atomic E-state index is 13.4. The van der Waals surface area contributed by atoms with Crippen LogP contribution in [0.25, 0.3) is 10.6 Å². The van der Waals surface area contributed by atoms with Gasteiger partial charge in [0.25, 0.3) is 5.91 Å². The van der Waals surface area contributed by atoms with E-state index in [-0.39, 0.29) is 17.8 Å². The summed E-state index contributed by atoms with van der Waals surface area (Å²) in [4.78, 5) is 29.8. The Morgan fingerprint density at radius 1 is 1.09 bits per heavy atom. The first-order valence-corrected chi connectivity index (χ1v) is 16.2. The van der Waals surface area contributed by atoms with Crippen LogP contribution in [0.15, 0.2) is 36.4 Å². The van der Waals surface area contributed by atoms with E-state index >= 15 is 0 Å². The van der Waals surface area contributed by atoms with Crippen LogP contribution in [0.5, 0.6) is 5.75 Å². The highest BCUT2D eigenvalue weighted by Crippen LogP contribution is 2.34. The molecular weight excluding hydrogens is 584 g/mol. The lowest BCUT2D eigenvalue weighted by Gasteiger charge is -2.32. The monoisotopic (exact) mass is 626 g/mol. The van der Waals surface area contributed by atoms with Crippen molar-refractivity contribution in [3.63, 3.8) is 0 Å². The second-order valence-electron chi connectivity index (χ2n) is 12.1. The maximum atomic E-state index is 13.4. The summed E-state index contributed by atoms with van der Waals surface area (Å²) in [5.41, 5.74) is 3.07. The Balaban J connectivity index is 1.37. The summed E-state index contributed by atoms with van der Waals surface area (Å²) in [5, 5.41) is 10.7. The number of hydrogen-bond acceptors (Lipinski definition) is 8. The van der Waals surface area contributed by atoms with Crippen molar-refractivity contribution in [1.82, 2.24) is 15.1 Å². The zero-order valence-corrected chi connectivity index (χ0v) is 27.7. The molecule has 2 aromatic carbocycles. The van der Waals surface area contributed by atoms with Crippen LogP contribution in [0, 0.1) is 19.8 Å². The zero-order valence-electron chi connectivity index (χ0n) is 26.1. The Morgan fingerprint density at radius 3 is 2.42 bits per heavy atom. The fraction of sp³-hybridized carbons (Fsp3) is 0.515. The molecular formula is C33H43ClN4O4S. The minimum Gasteiger partial charge on any atom is -0.492 e. The highest BCUT2D eigenvalue weighted by Gasteiger charge is 2.29. The van der Waals surface area contributed by atoms with E-state index in [9.17, 15) is 9.59 Å². The Kier molecular flexibility index (Phi) is 11.2. The number of rotatable bonds is 11. The van der Waals surface area contributed by atoms with Gasteiger partial charge in [0.2, 0.25) is 5.13 Å². The number of benzene rings is 2. The van der Waals surface area contributed by atoms with Crippen LogP contribution in [0.1, 0.15) is 74.9 Å². The van der Waals surface area contributed by atoms with Gasteiger partial charge >= 0.3 is 5.97 Å². The van der Waals surface area contributed by atoms with Crippen LogP contribution >= 0.6 is 22.9 Å². The first-order chi connectivity index (χ1) is 20.4. The summed E-state index contributed by atoms with van der Waals surface area (Å²) in [6.07, 6.45) is 3.43. The van der Waals surface area contributed by atoms with Gasteiger partial charge in [0, 0.05) is 29.2 Å². The predicted octanol–water partition coefficient (Wildman–Crippen LogP) is 7.35. The molecule has 0 radical (unpaired) electrons. The number of esters is 1. The molecule has 1 fully saturated rings. The number of hydrogen-bond donors (Lipinski definition) is 0. The summed E-state index contributed by atoms with van der Waals surface area (Å²) in [6, 6.07) is 11.1.